The summed E-state index contributed by atoms with van der Waals surface area (Å²) < 4.78 is 5.05. The fraction of sp³-hybridized carbons (Fsp3) is 0.625. The lowest BCUT2D eigenvalue weighted by Gasteiger charge is -2.27. The van der Waals surface area contributed by atoms with Crippen molar-refractivity contribution >= 4 is 5.96 Å². The molecule has 1 saturated carbocycles. The van der Waals surface area contributed by atoms with E-state index in [2.05, 4.69) is 27.5 Å². The molecule has 122 valence electrons. The van der Waals surface area contributed by atoms with Crippen molar-refractivity contribution in [1.82, 2.24) is 15.6 Å². The molecule has 0 aromatic carbocycles. The largest absolute Gasteiger partial charge is 0.481 e. The Morgan fingerprint density at radius 2 is 2.14 bits per heavy atom. The van der Waals surface area contributed by atoms with E-state index in [-0.39, 0.29) is 6.10 Å². The van der Waals surface area contributed by atoms with Gasteiger partial charge in [0.25, 0.3) is 0 Å². The molecular formula is C16H26N4O2. The van der Waals surface area contributed by atoms with Crippen molar-refractivity contribution in [2.24, 2.45) is 4.99 Å². The van der Waals surface area contributed by atoms with Crippen LogP contribution in [-0.2, 0) is 6.54 Å². The number of nitrogens with zero attached hydrogens (tertiary/aromatic N) is 2. The molecule has 1 aromatic rings. The number of methoxy groups -OCH3 is 1. The Balaban J connectivity index is 1.91. The molecule has 6 heteroatoms. The van der Waals surface area contributed by atoms with Gasteiger partial charge in [-0.05, 0) is 38.2 Å². The standard InChI is InChI=1S/C16H26N4O2/c1-3-17-16(20-13-5-7-14(21)8-6-13)19-11-12-4-9-15(22-2)18-10-12/h4,9-10,13-14,21H,3,5-8,11H2,1-2H3,(H2,17,19,20). The van der Waals surface area contributed by atoms with Crippen LogP contribution in [0.5, 0.6) is 5.88 Å². The van der Waals surface area contributed by atoms with Gasteiger partial charge in [0, 0.05) is 24.8 Å². The Labute approximate surface area is 132 Å². The topological polar surface area (TPSA) is 78.8 Å². The quantitative estimate of drug-likeness (QED) is 0.567. The van der Waals surface area contributed by atoms with Crippen molar-refractivity contribution < 1.29 is 9.84 Å². The summed E-state index contributed by atoms with van der Waals surface area (Å²) >= 11 is 0. The molecular weight excluding hydrogens is 280 g/mol. The van der Waals surface area contributed by atoms with Gasteiger partial charge in [0.15, 0.2) is 5.96 Å². The van der Waals surface area contributed by atoms with Gasteiger partial charge in [-0.15, -0.1) is 0 Å². The van der Waals surface area contributed by atoms with Gasteiger partial charge in [-0.1, -0.05) is 6.07 Å². The molecule has 1 heterocycles. The van der Waals surface area contributed by atoms with E-state index in [4.69, 9.17) is 4.74 Å². The highest BCUT2D eigenvalue weighted by Crippen LogP contribution is 2.18. The molecule has 2 rings (SSSR count). The third-order valence-electron chi connectivity index (χ3n) is 3.81. The summed E-state index contributed by atoms with van der Waals surface area (Å²) in [5.41, 5.74) is 1.04. The third kappa shape index (κ3) is 5.18. The Morgan fingerprint density at radius 1 is 1.36 bits per heavy atom. The zero-order valence-corrected chi connectivity index (χ0v) is 13.4. The Morgan fingerprint density at radius 3 is 2.73 bits per heavy atom. The first-order valence-corrected chi connectivity index (χ1v) is 7.93. The second kappa shape index (κ2) is 8.58. The average molecular weight is 306 g/mol. The normalized spacial score (nSPS) is 22.2. The van der Waals surface area contributed by atoms with E-state index in [0.29, 0.717) is 18.5 Å². The average Bonchev–Trinajstić information content (AvgIpc) is 2.55. The van der Waals surface area contributed by atoms with Gasteiger partial charge in [0.1, 0.15) is 0 Å². The molecule has 1 aliphatic rings. The van der Waals surface area contributed by atoms with E-state index in [1.54, 1.807) is 13.3 Å². The number of hydrogen-bond acceptors (Lipinski definition) is 4. The highest BCUT2D eigenvalue weighted by Gasteiger charge is 2.19. The van der Waals surface area contributed by atoms with Crippen LogP contribution in [0.25, 0.3) is 0 Å². The Hall–Kier alpha value is -1.82. The van der Waals surface area contributed by atoms with Crippen molar-refractivity contribution in [1.29, 1.82) is 0 Å². The van der Waals surface area contributed by atoms with Crippen molar-refractivity contribution in [2.75, 3.05) is 13.7 Å². The van der Waals surface area contributed by atoms with Crippen LogP contribution in [0.1, 0.15) is 38.2 Å². The maximum absolute atomic E-state index is 9.57. The number of guanidine groups is 1. The maximum Gasteiger partial charge on any atom is 0.212 e. The number of pyridine rings is 1. The molecule has 0 spiro atoms. The van der Waals surface area contributed by atoms with E-state index in [1.165, 1.54) is 0 Å². The lowest BCUT2D eigenvalue weighted by Crippen LogP contribution is -2.45. The van der Waals surface area contributed by atoms with Gasteiger partial charge < -0.3 is 20.5 Å². The van der Waals surface area contributed by atoms with Crippen molar-refractivity contribution in [3.8, 4) is 5.88 Å². The number of hydrogen-bond donors (Lipinski definition) is 3. The molecule has 22 heavy (non-hydrogen) atoms. The summed E-state index contributed by atoms with van der Waals surface area (Å²) in [5.74, 6) is 1.43. The molecule has 0 saturated heterocycles. The summed E-state index contributed by atoms with van der Waals surface area (Å²) in [6, 6.07) is 4.19. The van der Waals surface area contributed by atoms with E-state index in [0.717, 1.165) is 43.8 Å². The maximum atomic E-state index is 9.57. The smallest absolute Gasteiger partial charge is 0.212 e. The molecule has 0 bridgehead atoms. The number of aliphatic hydroxyl groups excluding tert-OH is 1. The predicted molar refractivity (Wildman–Crippen MR) is 87.0 cm³/mol. The minimum Gasteiger partial charge on any atom is -0.481 e. The summed E-state index contributed by atoms with van der Waals surface area (Å²) in [5, 5.41) is 16.3. The Kier molecular flexibility index (Phi) is 6.45. The van der Waals surface area contributed by atoms with Crippen molar-refractivity contribution in [3.05, 3.63) is 23.9 Å². The van der Waals surface area contributed by atoms with Crippen LogP contribution in [-0.4, -0.2) is 41.9 Å². The number of nitrogens with one attached hydrogen (secondary N) is 2. The summed E-state index contributed by atoms with van der Waals surface area (Å²) in [6.45, 7) is 3.44. The zero-order valence-electron chi connectivity index (χ0n) is 13.4. The number of rotatable bonds is 5. The number of aromatic nitrogens is 1. The first-order valence-electron chi connectivity index (χ1n) is 7.93. The lowest BCUT2D eigenvalue weighted by molar-refractivity contribution is 0.120. The van der Waals surface area contributed by atoms with Gasteiger partial charge in [-0.2, -0.15) is 0 Å². The molecule has 0 aliphatic heterocycles. The third-order valence-corrected chi connectivity index (χ3v) is 3.81. The fourth-order valence-corrected chi connectivity index (χ4v) is 2.53. The van der Waals surface area contributed by atoms with Crippen LogP contribution < -0.4 is 15.4 Å². The van der Waals surface area contributed by atoms with Crippen LogP contribution in [0.15, 0.2) is 23.3 Å². The molecule has 6 nitrogen and oxygen atoms in total. The summed E-state index contributed by atoms with van der Waals surface area (Å²) in [4.78, 5) is 8.79. The first kappa shape index (κ1) is 16.5. The van der Waals surface area contributed by atoms with Crippen LogP contribution in [0, 0.1) is 0 Å². The van der Waals surface area contributed by atoms with Crippen LogP contribution in [0.2, 0.25) is 0 Å². The monoisotopic (exact) mass is 306 g/mol. The van der Waals surface area contributed by atoms with E-state index in [1.807, 2.05) is 12.1 Å². The molecule has 0 radical (unpaired) electrons. The van der Waals surface area contributed by atoms with Gasteiger partial charge in [0.05, 0.1) is 19.8 Å². The minimum absolute atomic E-state index is 0.136. The Bertz CT molecular complexity index is 468. The molecule has 0 atom stereocenters. The summed E-state index contributed by atoms with van der Waals surface area (Å²) in [6.07, 6.45) is 5.33. The second-order valence-corrected chi connectivity index (χ2v) is 5.55. The zero-order chi connectivity index (χ0) is 15.8. The van der Waals surface area contributed by atoms with E-state index in [9.17, 15) is 5.11 Å². The predicted octanol–water partition coefficient (Wildman–Crippen LogP) is 1.45. The first-order chi connectivity index (χ1) is 10.7. The van der Waals surface area contributed by atoms with Gasteiger partial charge in [0.2, 0.25) is 5.88 Å². The number of aliphatic imine (C=N–C) groups is 1. The molecule has 0 unspecified atom stereocenters. The van der Waals surface area contributed by atoms with E-state index >= 15 is 0 Å². The molecule has 0 amide bonds. The molecule has 1 fully saturated rings. The van der Waals surface area contributed by atoms with Crippen molar-refractivity contribution in [3.63, 3.8) is 0 Å². The van der Waals surface area contributed by atoms with Crippen LogP contribution in [0.4, 0.5) is 0 Å². The molecule has 1 aromatic heterocycles. The molecule has 1 aliphatic carbocycles. The lowest BCUT2D eigenvalue weighted by atomic mass is 9.93. The minimum atomic E-state index is -0.136. The number of ether oxygens (including phenoxy) is 1. The van der Waals surface area contributed by atoms with Crippen LogP contribution >= 0.6 is 0 Å². The highest BCUT2D eigenvalue weighted by molar-refractivity contribution is 5.80. The highest BCUT2D eigenvalue weighted by atomic mass is 16.5. The fourth-order valence-electron chi connectivity index (χ4n) is 2.53. The van der Waals surface area contributed by atoms with Crippen molar-refractivity contribution in [2.45, 2.75) is 51.3 Å². The second-order valence-electron chi connectivity index (χ2n) is 5.55. The van der Waals surface area contributed by atoms with Gasteiger partial charge >= 0.3 is 0 Å². The van der Waals surface area contributed by atoms with Crippen LogP contribution in [0.3, 0.4) is 0 Å². The van der Waals surface area contributed by atoms with E-state index < -0.39 is 0 Å². The SMILES string of the molecule is CCNC(=NCc1ccc(OC)nc1)NC1CCC(O)CC1. The molecule has 3 N–H and O–H groups in total. The van der Waals surface area contributed by atoms with Gasteiger partial charge in [-0.25, -0.2) is 9.98 Å². The summed E-state index contributed by atoms with van der Waals surface area (Å²) in [7, 11) is 1.61. The van der Waals surface area contributed by atoms with Gasteiger partial charge in [-0.3, -0.25) is 0 Å². The number of aliphatic hydroxyl groups is 1.